The van der Waals surface area contributed by atoms with Gasteiger partial charge in [0.25, 0.3) is 0 Å². The van der Waals surface area contributed by atoms with Gasteiger partial charge in [0.1, 0.15) is 0 Å². The molecule has 19 heavy (non-hydrogen) atoms. The lowest BCUT2D eigenvalue weighted by molar-refractivity contribution is -0.121. The fourth-order valence-electron chi connectivity index (χ4n) is 1.63. The van der Waals surface area contributed by atoms with E-state index in [-0.39, 0.29) is 30.5 Å². The maximum absolute atomic E-state index is 11.6. The van der Waals surface area contributed by atoms with Crippen LogP contribution in [0.4, 0.5) is 5.69 Å². The summed E-state index contributed by atoms with van der Waals surface area (Å²) in [6, 6.07) is 7.31. The molecule has 1 amide bonds. The molecule has 1 rings (SSSR count). The number of carbonyl (C=O) groups excluding carboxylic acids is 1. The molecule has 7 heteroatoms. The van der Waals surface area contributed by atoms with Gasteiger partial charge in [-0.3, -0.25) is 4.79 Å². The van der Waals surface area contributed by atoms with Crippen molar-refractivity contribution in [2.75, 3.05) is 18.0 Å². The molecule has 0 aliphatic carbocycles. The first-order chi connectivity index (χ1) is 8.78. The van der Waals surface area contributed by atoms with E-state index in [0.29, 0.717) is 5.69 Å². The van der Waals surface area contributed by atoms with Crippen LogP contribution >= 0.6 is 0 Å². The Balaban J connectivity index is 2.42. The van der Waals surface area contributed by atoms with Crippen molar-refractivity contribution in [3.05, 3.63) is 29.8 Å². The van der Waals surface area contributed by atoms with Crippen molar-refractivity contribution in [3.8, 4) is 0 Å². The third-order valence-corrected chi connectivity index (χ3v) is 3.48. The minimum absolute atomic E-state index is 0.0339. The molecule has 1 aromatic rings. The van der Waals surface area contributed by atoms with Crippen LogP contribution in [0, 0.1) is 0 Å². The second-order valence-corrected chi connectivity index (χ2v) is 6.22. The molecule has 0 spiro atoms. The van der Waals surface area contributed by atoms with E-state index in [4.69, 9.17) is 10.9 Å². The number of anilines is 1. The quantitative estimate of drug-likeness (QED) is 0.646. The van der Waals surface area contributed by atoms with Gasteiger partial charge in [0.15, 0.2) is 0 Å². The van der Waals surface area contributed by atoms with Crippen molar-refractivity contribution in [1.82, 2.24) is 5.32 Å². The Morgan fingerprint density at radius 1 is 1.32 bits per heavy atom. The fraction of sp³-hybridized carbons (Fsp3) is 0.417. The highest BCUT2D eigenvalue weighted by Gasteiger charge is 2.11. The zero-order valence-electron chi connectivity index (χ0n) is 10.8. The number of carbonyl (C=O) groups is 1. The van der Waals surface area contributed by atoms with Crippen LogP contribution in [0.25, 0.3) is 0 Å². The number of nitrogens with one attached hydrogen (secondary N) is 1. The van der Waals surface area contributed by atoms with Crippen molar-refractivity contribution >= 4 is 21.6 Å². The Morgan fingerprint density at radius 3 is 2.42 bits per heavy atom. The summed E-state index contributed by atoms with van der Waals surface area (Å²) in [4.78, 5) is 11.6. The minimum atomic E-state index is -3.53. The molecule has 6 nitrogen and oxygen atoms in total. The van der Waals surface area contributed by atoms with Gasteiger partial charge >= 0.3 is 0 Å². The summed E-state index contributed by atoms with van der Waals surface area (Å²) in [5.74, 6) is -0.419. The van der Waals surface area contributed by atoms with E-state index >= 15 is 0 Å². The van der Waals surface area contributed by atoms with Crippen LogP contribution < -0.4 is 16.2 Å². The van der Waals surface area contributed by atoms with Crippen LogP contribution in [0.3, 0.4) is 0 Å². The van der Waals surface area contributed by atoms with Crippen LogP contribution in [0.15, 0.2) is 24.3 Å². The third-order valence-electron chi connectivity index (χ3n) is 2.71. The summed E-state index contributed by atoms with van der Waals surface area (Å²) in [5.41, 5.74) is 7.27. The lowest BCUT2D eigenvalue weighted by atomic mass is 9.97. The molecule has 106 valence electrons. The number of nitrogens with two attached hydrogens (primary N) is 2. The van der Waals surface area contributed by atoms with Gasteiger partial charge in [0.05, 0.1) is 5.75 Å². The molecule has 0 fully saturated rings. The highest BCUT2D eigenvalue weighted by Crippen LogP contribution is 2.19. The van der Waals surface area contributed by atoms with E-state index in [9.17, 15) is 13.2 Å². The zero-order valence-corrected chi connectivity index (χ0v) is 11.6. The van der Waals surface area contributed by atoms with E-state index in [0.717, 1.165) is 5.56 Å². The number of rotatable bonds is 6. The summed E-state index contributed by atoms with van der Waals surface area (Å²) in [5, 5.41) is 7.37. The third kappa shape index (κ3) is 6.21. The van der Waals surface area contributed by atoms with Crippen molar-refractivity contribution in [2.45, 2.75) is 19.3 Å². The Labute approximate surface area is 113 Å². The van der Waals surface area contributed by atoms with Crippen LogP contribution in [-0.4, -0.2) is 26.6 Å². The van der Waals surface area contributed by atoms with E-state index in [1.165, 1.54) is 0 Å². The van der Waals surface area contributed by atoms with Crippen LogP contribution in [0.5, 0.6) is 0 Å². The molecule has 0 bridgehead atoms. The van der Waals surface area contributed by atoms with Crippen molar-refractivity contribution in [1.29, 1.82) is 0 Å². The molecular weight excluding hydrogens is 266 g/mol. The highest BCUT2D eigenvalue weighted by atomic mass is 32.2. The molecular formula is C12H19N3O3S. The van der Waals surface area contributed by atoms with Gasteiger partial charge in [-0.2, -0.15) is 0 Å². The average molecular weight is 285 g/mol. The lowest BCUT2D eigenvalue weighted by Gasteiger charge is -2.12. The number of primary sulfonamides is 1. The van der Waals surface area contributed by atoms with Crippen LogP contribution in [-0.2, 0) is 14.8 Å². The van der Waals surface area contributed by atoms with Gasteiger partial charge in [-0.05, 0) is 23.6 Å². The zero-order chi connectivity index (χ0) is 14.5. The number of amides is 1. The molecule has 1 aromatic carbocycles. The Kier molecular flexibility index (Phi) is 5.31. The molecule has 0 saturated heterocycles. The maximum atomic E-state index is 11.6. The van der Waals surface area contributed by atoms with E-state index in [2.05, 4.69) is 5.32 Å². The predicted molar refractivity (Wildman–Crippen MR) is 74.9 cm³/mol. The van der Waals surface area contributed by atoms with Crippen LogP contribution in [0.1, 0.15) is 24.8 Å². The topological polar surface area (TPSA) is 115 Å². The Hall–Kier alpha value is -1.60. The first-order valence-corrected chi connectivity index (χ1v) is 7.62. The Morgan fingerprint density at radius 2 is 1.89 bits per heavy atom. The standard InChI is InChI=1S/C12H19N3O3S/c1-9(10-2-4-11(13)5-3-10)8-12(16)15-6-7-19(14,17)18/h2-5,9H,6-8,13H2,1H3,(H,15,16)(H2,14,17,18). The molecule has 0 aromatic heterocycles. The fourth-order valence-corrected chi connectivity index (χ4v) is 2.01. The second kappa shape index (κ2) is 6.53. The monoisotopic (exact) mass is 285 g/mol. The van der Waals surface area contributed by atoms with Crippen molar-refractivity contribution < 1.29 is 13.2 Å². The van der Waals surface area contributed by atoms with Gasteiger partial charge in [-0.15, -0.1) is 0 Å². The number of nitrogen functional groups attached to an aromatic ring is 1. The summed E-state index contributed by atoms with van der Waals surface area (Å²) in [6.45, 7) is 1.96. The van der Waals surface area contributed by atoms with Crippen LogP contribution in [0.2, 0.25) is 0 Å². The molecule has 0 radical (unpaired) electrons. The summed E-state index contributed by atoms with van der Waals surface area (Å²) in [7, 11) is -3.53. The first-order valence-electron chi connectivity index (χ1n) is 5.90. The smallest absolute Gasteiger partial charge is 0.220 e. The van der Waals surface area contributed by atoms with Gasteiger partial charge in [-0.1, -0.05) is 19.1 Å². The number of sulfonamides is 1. The summed E-state index contributed by atoms with van der Waals surface area (Å²) >= 11 is 0. The normalized spacial score (nSPS) is 12.9. The Bertz CT molecular complexity index is 526. The molecule has 0 aliphatic heterocycles. The highest BCUT2D eigenvalue weighted by molar-refractivity contribution is 7.89. The molecule has 1 unspecified atom stereocenters. The second-order valence-electron chi connectivity index (χ2n) is 4.49. The van der Waals surface area contributed by atoms with Crippen molar-refractivity contribution in [2.24, 2.45) is 5.14 Å². The van der Waals surface area contributed by atoms with Gasteiger partial charge in [-0.25, -0.2) is 13.6 Å². The van der Waals surface area contributed by atoms with E-state index < -0.39 is 10.0 Å². The van der Waals surface area contributed by atoms with Gasteiger partial charge < -0.3 is 11.1 Å². The summed E-state index contributed by atoms with van der Waals surface area (Å²) < 4.78 is 21.4. The molecule has 0 heterocycles. The van der Waals surface area contributed by atoms with Gasteiger partial charge in [0, 0.05) is 18.7 Å². The van der Waals surface area contributed by atoms with Gasteiger partial charge in [0.2, 0.25) is 15.9 Å². The number of benzene rings is 1. The largest absolute Gasteiger partial charge is 0.399 e. The molecule has 0 saturated carbocycles. The minimum Gasteiger partial charge on any atom is -0.399 e. The average Bonchev–Trinajstić information content (AvgIpc) is 2.27. The van der Waals surface area contributed by atoms with E-state index in [1.54, 1.807) is 12.1 Å². The molecule has 0 aliphatic rings. The number of hydrogen-bond acceptors (Lipinski definition) is 4. The van der Waals surface area contributed by atoms with E-state index in [1.807, 2.05) is 19.1 Å². The SMILES string of the molecule is CC(CC(=O)NCCS(N)(=O)=O)c1ccc(N)cc1. The van der Waals surface area contributed by atoms with Crippen molar-refractivity contribution in [3.63, 3.8) is 0 Å². The summed E-state index contributed by atoms with van der Waals surface area (Å²) in [6.07, 6.45) is 0.286. The molecule has 5 N–H and O–H groups in total. The lowest BCUT2D eigenvalue weighted by Crippen LogP contribution is -2.31. The first kappa shape index (κ1) is 15.5. The predicted octanol–water partition coefficient (Wildman–Crippen LogP) is 0.167. The maximum Gasteiger partial charge on any atom is 0.220 e. The number of hydrogen-bond donors (Lipinski definition) is 3. The molecule has 1 atom stereocenters.